The van der Waals surface area contributed by atoms with Crippen molar-refractivity contribution in [2.24, 2.45) is 23.2 Å². The first-order chi connectivity index (χ1) is 14.1. The zero-order chi connectivity index (χ0) is 19.8. The van der Waals surface area contributed by atoms with Crippen LogP contribution in [0.5, 0.6) is 0 Å². The Kier molecular flexibility index (Phi) is 5.09. The molecule has 1 aliphatic heterocycles. The van der Waals surface area contributed by atoms with E-state index in [1.807, 2.05) is 29.4 Å². The van der Waals surface area contributed by atoms with Crippen LogP contribution in [0.25, 0.3) is 0 Å². The number of nitrogens with zero attached hydrogens (tertiary/aromatic N) is 3. The fourth-order valence-corrected chi connectivity index (χ4v) is 7.14. The van der Waals surface area contributed by atoms with Gasteiger partial charge < -0.3 is 4.90 Å². The van der Waals surface area contributed by atoms with Crippen LogP contribution in [0.15, 0.2) is 24.5 Å². The van der Waals surface area contributed by atoms with Crippen molar-refractivity contribution in [2.45, 2.75) is 64.2 Å². The monoisotopic (exact) mass is 395 g/mol. The molecule has 156 valence electrons. The van der Waals surface area contributed by atoms with Crippen molar-refractivity contribution in [3.05, 3.63) is 30.1 Å². The fourth-order valence-electron chi connectivity index (χ4n) is 7.14. The number of urea groups is 1. The lowest BCUT2D eigenvalue weighted by Crippen LogP contribution is -2.54. The average molecular weight is 396 g/mol. The van der Waals surface area contributed by atoms with Crippen LogP contribution in [0, 0.1) is 23.2 Å². The molecule has 0 N–H and O–H groups in total. The quantitative estimate of drug-likeness (QED) is 0.693. The number of imide groups is 1. The molecule has 0 atom stereocenters. The molecule has 5 heteroatoms. The third-order valence-electron chi connectivity index (χ3n) is 8.07. The second-order valence-corrected chi connectivity index (χ2v) is 10.2. The second-order valence-electron chi connectivity index (χ2n) is 10.2. The Morgan fingerprint density at radius 1 is 0.966 bits per heavy atom. The van der Waals surface area contributed by atoms with Crippen LogP contribution in [-0.2, 0) is 11.2 Å². The Morgan fingerprint density at radius 3 is 2.28 bits per heavy atom. The van der Waals surface area contributed by atoms with Gasteiger partial charge in [0.05, 0.1) is 0 Å². The Morgan fingerprint density at radius 2 is 1.62 bits per heavy atom. The number of pyridine rings is 1. The molecule has 6 rings (SSSR count). The maximum Gasteiger partial charge on any atom is 0.326 e. The van der Waals surface area contributed by atoms with E-state index in [1.54, 1.807) is 4.90 Å². The maximum atomic E-state index is 13.0. The molecule has 4 aliphatic carbocycles. The Hall–Kier alpha value is -1.91. The Bertz CT molecular complexity index is 727. The van der Waals surface area contributed by atoms with Crippen molar-refractivity contribution in [2.75, 3.05) is 19.6 Å². The minimum absolute atomic E-state index is 0.0325. The highest BCUT2D eigenvalue weighted by Crippen LogP contribution is 2.61. The molecule has 0 unspecified atom stereocenters. The van der Waals surface area contributed by atoms with E-state index >= 15 is 0 Å². The SMILES string of the molecule is O=C1CCN(CCCc2ccncc2)C(=O)N1CCC12CC3CC(CC(C3)C1)C2. The van der Waals surface area contributed by atoms with E-state index in [0.717, 1.165) is 43.6 Å². The molecule has 5 nitrogen and oxygen atoms in total. The molecule has 0 spiro atoms. The number of amides is 3. The van der Waals surface area contributed by atoms with Gasteiger partial charge in [-0.15, -0.1) is 0 Å². The zero-order valence-corrected chi connectivity index (χ0v) is 17.4. The molecule has 1 aromatic heterocycles. The number of carbonyl (C=O) groups excluding carboxylic acids is 2. The molecule has 4 bridgehead atoms. The van der Waals surface area contributed by atoms with Crippen molar-refractivity contribution in [1.82, 2.24) is 14.8 Å². The molecule has 4 saturated carbocycles. The molecule has 0 radical (unpaired) electrons. The first-order valence-electron chi connectivity index (χ1n) is 11.6. The van der Waals surface area contributed by atoms with E-state index in [-0.39, 0.29) is 11.9 Å². The minimum atomic E-state index is -0.0549. The van der Waals surface area contributed by atoms with Crippen molar-refractivity contribution in [3.8, 4) is 0 Å². The van der Waals surface area contributed by atoms with Gasteiger partial charge in [-0.1, -0.05) is 0 Å². The van der Waals surface area contributed by atoms with Gasteiger partial charge in [-0.25, -0.2) is 4.79 Å². The zero-order valence-electron chi connectivity index (χ0n) is 17.4. The van der Waals surface area contributed by atoms with Crippen LogP contribution in [0.4, 0.5) is 4.79 Å². The number of aryl methyl sites for hydroxylation is 1. The van der Waals surface area contributed by atoms with Crippen LogP contribution < -0.4 is 0 Å². The maximum absolute atomic E-state index is 13.0. The van der Waals surface area contributed by atoms with Gasteiger partial charge in [-0.3, -0.25) is 14.7 Å². The summed E-state index contributed by atoms with van der Waals surface area (Å²) in [6, 6.07) is 4.00. The summed E-state index contributed by atoms with van der Waals surface area (Å²) in [6.07, 6.45) is 15.3. The second kappa shape index (κ2) is 7.73. The Labute approximate surface area is 173 Å². The van der Waals surface area contributed by atoms with Gasteiger partial charge in [-0.05, 0) is 98.7 Å². The van der Waals surface area contributed by atoms with E-state index in [4.69, 9.17) is 0 Å². The number of rotatable bonds is 7. The number of hydrogen-bond donors (Lipinski definition) is 0. The lowest BCUT2D eigenvalue weighted by Gasteiger charge is -2.57. The van der Waals surface area contributed by atoms with Crippen molar-refractivity contribution >= 4 is 11.9 Å². The molecule has 1 aromatic rings. The standard InChI is InChI=1S/C24H33N3O2/c28-22-5-10-26(9-1-2-18-3-7-25-8-4-18)23(29)27(22)11-6-24-15-19-12-20(16-24)14-21(13-19)17-24/h3-4,7-8,19-21H,1-2,5-6,9-17H2. The molecule has 2 heterocycles. The first kappa shape index (κ1) is 19.1. The van der Waals surface area contributed by atoms with Gasteiger partial charge in [0.25, 0.3) is 0 Å². The van der Waals surface area contributed by atoms with Crippen LogP contribution >= 0.6 is 0 Å². The topological polar surface area (TPSA) is 53.5 Å². The van der Waals surface area contributed by atoms with Crippen molar-refractivity contribution in [1.29, 1.82) is 0 Å². The van der Waals surface area contributed by atoms with Gasteiger partial charge in [-0.2, -0.15) is 0 Å². The Balaban J connectivity index is 1.16. The molecule has 29 heavy (non-hydrogen) atoms. The molecule has 1 saturated heterocycles. The smallest absolute Gasteiger partial charge is 0.324 e. The van der Waals surface area contributed by atoms with Crippen molar-refractivity contribution < 1.29 is 9.59 Å². The summed E-state index contributed by atoms with van der Waals surface area (Å²) >= 11 is 0. The molecular weight excluding hydrogens is 362 g/mol. The highest BCUT2D eigenvalue weighted by atomic mass is 16.2. The van der Waals surface area contributed by atoms with E-state index in [1.165, 1.54) is 44.1 Å². The van der Waals surface area contributed by atoms with Gasteiger partial charge in [0.1, 0.15) is 0 Å². The van der Waals surface area contributed by atoms with Crippen LogP contribution in [0.1, 0.15) is 63.4 Å². The van der Waals surface area contributed by atoms with Crippen LogP contribution in [0.3, 0.4) is 0 Å². The highest BCUT2D eigenvalue weighted by molar-refractivity contribution is 5.96. The van der Waals surface area contributed by atoms with E-state index < -0.39 is 0 Å². The predicted octanol–water partition coefficient (Wildman–Crippen LogP) is 4.28. The van der Waals surface area contributed by atoms with Gasteiger partial charge >= 0.3 is 6.03 Å². The number of hydrogen-bond acceptors (Lipinski definition) is 3. The van der Waals surface area contributed by atoms with Gasteiger partial charge in [0, 0.05) is 38.4 Å². The predicted molar refractivity (Wildman–Crippen MR) is 111 cm³/mol. The normalized spacial score (nSPS) is 33.6. The summed E-state index contributed by atoms with van der Waals surface area (Å²) in [5, 5.41) is 0. The minimum Gasteiger partial charge on any atom is -0.324 e. The van der Waals surface area contributed by atoms with E-state index in [9.17, 15) is 9.59 Å². The summed E-state index contributed by atoms with van der Waals surface area (Å²) in [7, 11) is 0. The third-order valence-corrected chi connectivity index (χ3v) is 8.07. The van der Waals surface area contributed by atoms with Gasteiger partial charge in [0.2, 0.25) is 5.91 Å². The summed E-state index contributed by atoms with van der Waals surface area (Å²) < 4.78 is 0. The molecular formula is C24H33N3O2. The number of carbonyl (C=O) groups is 2. The highest BCUT2D eigenvalue weighted by Gasteiger charge is 2.50. The first-order valence-corrected chi connectivity index (χ1v) is 11.6. The lowest BCUT2D eigenvalue weighted by atomic mass is 9.49. The molecule has 5 fully saturated rings. The summed E-state index contributed by atoms with van der Waals surface area (Å²) in [4.78, 5) is 33.1. The number of aromatic nitrogens is 1. The van der Waals surface area contributed by atoms with Gasteiger partial charge in [0.15, 0.2) is 0 Å². The summed E-state index contributed by atoms with van der Waals surface area (Å²) in [6.45, 7) is 1.93. The summed E-state index contributed by atoms with van der Waals surface area (Å²) in [5.74, 6) is 2.78. The fraction of sp³-hybridized carbons (Fsp3) is 0.708. The van der Waals surface area contributed by atoms with Crippen LogP contribution in [0.2, 0.25) is 0 Å². The average Bonchev–Trinajstić information content (AvgIpc) is 2.69. The van der Waals surface area contributed by atoms with E-state index in [0.29, 0.717) is 24.9 Å². The largest absolute Gasteiger partial charge is 0.326 e. The third kappa shape index (κ3) is 3.93. The van der Waals surface area contributed by atoms with E-state index in [2.05, 4.69) is 4.98 Å². The summed E-state index contributed by atoms with van der Waals surface area (Å²) in [5.41, 5.74) is 1.66. The van der Waals surface area contributed by atoms with Crippen LogP contribution in [-0.4, -0.2) is 46.4 Å². The molecule has 0 aromatic carbocycles. The molecule has 3 amide bonds. The van der Waals surface area contributed by atoms with Crippen molar-refractivity contribution in [3.63, 3.8) is 0 Å². The lowest BCUT2D eigenvalue weighted by molar-refractivity contribution is -0.132. The molecule has 5 aliphatic rings.